The van der Waals surface area contributed by atoms with Crippen molar-refractivity contribution in [3.8, 4) is 0 Å². The van der Waals surface area contributed by atoms with Gasteiger partial charge in [0.1, 0.15) is 17.5 Å². The van der Waals surface area contributed by atoms with E-state index in [0.717, 1.165) is 36.6 Å². The SMILES string of the molecule is CCCc1nc(N)c(C)c(NCc2ccccc2C)n1. The molecular weight excluding hydrogens is 248 g/mol. The maximum atomic E-state index is 5.96. The normalized spacial score (nSPS) is 10.6. The molecular formula is C16H22N4. The van der Waals surface area contributed by atoms with Gasteiger partial charge in [-0.25, -0.2) is 9.97 Å². The number of benzene rings is 1. The van der Waals surface area contributed by atoms with E-state index in [1.165, 1.54) is 11.1 Å². The summed E-state index contributed by atoms with van der Waals surface area (Å²) in [7, 11) is 0. The predicted octanol–water partition coefficient (Wildman–Crippen LogP) is 3.24. The van der Waals surface area contributed by atoms with Crippen LogP contribution in [0.1, 0.15) is 35.9 Å². The highest BCUT2D eigenvalue weighted by atomic mass is 15.1. The van der Waals surface area contributed by atoms with Crippen LogP contribution in [0.2, 0.25) is 0 Å². The number of nitrogens with two attached hydrogens (primary N) is 1. The van der Waals surface area contributed by atoms with Crippen LogP contribution in [-0.4, -0.2) is 9.97 Å². The van der Waals surface area contributed by atoms with Crippen molar-refractivity contribution in [2.75, 3.05) is 11.1 Å². The molecule has 106 valence electrons. The van der Waals surface area contributed by atoms with E-state index in [4.69, 9.17) is 5.73 Å². The Morgan fingerprint density at radius 1 is 1.15 bits per heavy atom. The molecule has 0 spiro atoms. The Bertz CT molecular complexity index is 593. The lowest BCUT2D eigenvalue weighted by Crippen LogP contribution is -2.10. The Kier molecular flexibility index (Phi) is 4.56. The maximum Gasteiger partial charge on any atom is 0.135 e. The number of hydrogen-bond donors (Lipinski definition) is 2. The molecule has 0 atom stereocenters. The Balaban J connectivity index is 2.18. The minimum atomic E-state index is 0.565. The molecule has 0 saturated heterocycles. The van der Waals surface area contributed by atoms with Crippen LogP contribution in [-0.2, 0) is 13.0 Å². The van der Waals surface area contributed by atoms with Gasteiger partial charge in [0.05, 0.1) is 0 Å². The first-order valence-electron chi connectivity index (χ1n) is 7.03. The molecule has 0 aliphatic carbocycles. The first kappa shape index (κ1) is 14.3. The summed E-state index contributed by atoms with van der Waals surface area (Å²) in [6.45, 7) is 6.92. The van der Waals surface area contributed by atoms with Crippen molar-refractivity contribution in [1.29, 1.82) is 0 Å². The van der Waals surface area contributed by atoms with Crippen molar-refractivity contribution in [3.05, 3.63) is 46.8 Å². The van der Waals surface area contributed by atoms with Crippen LogP contribution in [0.5, 0.6) is 0 Å². The van der Waals surface area contributed by atoms with E-state index in [1.807, 2.05) is 19.1 Å². The largest absolute Gasteiger partial charge is 0.383 e. The van der Waals surface area contributed by atoms with E-state index in [9.17, 15) is 0 Å². The minimum Gasteiger partial charge on any atom is -0.383 e. The lowest BCUT2D eigenvalue weighted by molar-refractivity contribution is 0.833. The second kappa shape index (κ2) is 6.37. The highest BCUT2D eigenvalue weighted by Crippen LogP contribution is 2.19. The van der Waals surface area contributed by atoms with Crippen LogP contribution >= 0.6 is 0 Å². The van der Waals surface area contributed by atoms with Gasteiger partial charge in [0.15, 0.2) is 0 Å². The molecule has 0 fully saturated rings. The van der Waals surface area contributed by atoms with Crippen LogP contribution in [0.25, 0.3) is 0 Å². The molecule has 0 amide bonds. The van der Waals surface area contributed by atoms with Crippen LogP contribution in [0.4, 0.5) is 11.6 Å². The summed E-state index contributed by atoms with van der Waals surface area (Å²) < 4.78 is 0. The summed E-state index contributed by atoms with van der Waals surface area (Å²) in [4.78, 5) is 8.89. The fraction of sp³-hybridized carbons (Fsp3) is 0.375. The number of aromatic nitrogens is 2. The third-order valence-electron chi connectivity index (χ3n) is 3.41. The van der Waals surface area contributed by atoms with E-state index in [-0.39, 0.29) is 0 Å². The predicted molar refractivity (Wildman–Crippen MR) is 83.7 cm³/mol. The van der Waals surface area contributed by atoms with Crippen LogP contribution < -0.4 is 11.1 Å². The van der Waals surface area contributed by atoms with Gasteiger partial charge in [0.25, 0.3) is 0 Å². The molecule has 4 heteroatoms. The number of anilines is 2. The Hall–Kier alpha value is -2.10. The number of nitrogen functional groups attached to an aromatic ring is 1. The zero-order valence-electron chi connectivity index (χ0n) is 12.4. The molecule has 4 nitrogen and oxygen atoms in total. The van der Waals surface area contributed by atoms with Gasteiger partial charge >= 0.3 is 0 Å². The average Bonchev–Trinajstić information content (AvgIpc) is 2.43. The fourth-order valence-corrected chi connectivity index (χ4v) is 2.08. The van der Waals surface area contributed by atoms with Crippen LogP contribution in [0.15, 0.2) is 24.3 Å². The maximum absolute atomic E-state index is 5.96. The summed E-state index contributed by atoms with van der Waals surface area (Å²) in [5.41, 5.74) is 9.41. The van der Waals surface area contributed by atoms with Crippen molar-refractivity contribution in [2.24, 2.45) is 0 Å². The summed E-state index contributed by atoms with van der Waals surface area (Å²) in [5.74, 6) is 2.21. The summed E-state index contributed by atoms with van der Waals surface area (Å²) in [6, 6.07) is 8.33. The highest BCUT2D eigenvalue weighted by Gasteiger charge is 2.08. The second-order valence-electron chi connectivity index (χ2n) is 5.03. The minimum absolute atomic E-state index is 0.565. The van der Waals surface area contributed by atoms with E-state index in [2.05, 4.69) is 41.3 Å². The molecule has 1 aromatic heterocycles. The smallest absolute Gasteiger partial charge is 0.135 e. The van der Waals surface area contributed by atoms with Crippen molar-refractivity contribution in [2.45, 2.75) is 40.2 Å². The number of aryl methyl sites for hydroxylation is 2. The van der Waals surface area contributed by atoms with Crippen molar-refractivity contribution < 1.29 is 0 Å². The monoisotopic (exact) mass is 270 g/mol. The number of hydrogen-bond acceptors (Lipinski definition) is 4. The van der Waals surface area contributed by atoms with Crippen molar-refractivity contribution in [3.63, 3.8) is 0 Å². The molecule has 1 aromatic carbocycles. The molecule has 2 aromatic rings. The molecule has 20 heavy (non-hydrogen) atoms. The number of nitrogens with zero attached hydrogens (tertiary/aromatic N) is 2. The van der Waals surface area contributed by atoms with Gasteiger partial charge in [0.2, 0.25) is 0 Å². The first-order chi connectivity index (χ1) is 9.61. The summed E-state index contributed by atoms with van der Waals surface area (Å²) >= 11 is 0. The first-order valence-corrected chi connectivity index (χ1v) is 7.03. The van der Waals surface area contributed by atoms with Crippen molar-refractivity contribution in [1.82, 2.24) is 9.97 Å². The van der Waals surface area contributed by atoms with Gasteiger partial charge in [-0.1, -0.05) is 31.2 Å². The number of rotatable bonds is 5. The number of nitrogens with one attached hydrogen (secondary N) is 1. The van der Waals surface area contributed by atoms with Gasteiger partial charge < -0.3 is 11.1 Å². The molecule has 0 aliphatic rings. The van der Waals surface area contributed by atoms with E-state index < -0.39 is 0 Å². The lowest BCUT2D eigenvalue weighted by atomic mass is 10.1. The molecule has 0 unspecified atom stereocenters. The van der Waals surface area contributed by atoms with Crippen LogP contribution in [0.3, 0.4) is 0 Å². The third kappa shape index (κ3) is 3.26. The quantitative estimate of drug-likeness (QED) is 0.875. The van der Waals surface area contributed by atoms with Gasteiger partial charge in [-0.05, 0) is 31.4 Å². The average molecular weight is 270 g/mol. The van der Waals surface area contributed by atoms with Gasteiger partial charge in [0, 0.05) is 18.5 Å². The molecule has 1 heterocycles. The summed E-state index contributed by atoms with van der Waals surface area (Å²) in [5, 5.41) is 3.38. The Labute approximate surface area is 120 Å². The second-order valence-corrected chi connectivity index (χ2v) is 5.03. The molecule has 0 radical (unpaired) electrons. The van der Waals surface area contributed by atoms with E-state index in [0.29, 0.717) is 5.82 Å². The van der Waals surface area contributed by atoms with E-state index in [1.54, 1.807) is 0 Å². The van der Waals surface area contributed by atoms with Gasteiger partial charge in [-0.2, -0.15) is 0 Å². The standard InChI is InChI=1S/C16H22N4/c1-4-7-14-19-15(17)12(3)16(20-14)18-10-13-9-6-5-8-11(13)2/h5-6,8-9H,4,7,10H2,1-3H3,(H3,17,18,19,20). The topological polar surface area (TPSA) is 63.8 Å². The van der Waals surface area contributed by atoms with Gasteiger partial charge in [-0.3, -0.25) is 0 Å². The zero-order valence-corrected chi connectivity index (χ0v) is 12.4. The molecule has 0 aliphatic heterocycles. The molecule has 0 saturated carbocycles. The lowest BCUT2D eigenvalue weighted by Gasteiger charge is -2.13. The fourth-order valence-electron chi connectivity index (χ4n) is 2.08. The molecule has 2 rings (SSSR count). The third-order valence-corrected chi connectivity index (χ3v) is 3.41. The van der Waals surface area contributed by atoms with Crippen molar-refractivity contribution >= 4 is 11.6 Å². The Morgan fingerprint density at radius 3 is 2.60 bits per heavy atom. The van der Waals surface area contributed by atoms with E-state index >= 15 is 0 Å². The zero-order chi connectivity index (χ0) is 14.5. The molecule has 0 bridgehead atoms. The highest BCUT2D eigenvalue weighted by molar-refractivity contribution is 5.55. The Morgan fingerprint density at radius 2 is 1.90 bits per heavy atom. The molecule has 3 N–H and O–H groups in total. The van der Waals surface area contributed by atoms with Gasteiger partial charge in [-0.15, -0.1) is 0 Å². The van der Waals surface area contributed by atoms with Crippen LogP contribution in [0, 0.1) is 13.8 Å². The summed E-state index contributed by atoms with van der Waals surface area (Å²) in [6.07, 6.45) is 1.86.